The van der Waals surface area contributed by atoms with Gasteiger partial charge in [-0.05, 0) is 47.5 Å². The van der Waals surface area contributed by atoms with Gasteiger partial charge in [-0.25, -0.2) is 9.97 Å². The number of anilines is 1. The number of nitrogens with zero attached hydrogens (tertiary/aromatic N) is 2. The maximum atomic E-state index is 5.63. The minimum absolute atomic E-state index is 0.0531. The number of hydrogen-bond acceptors (Lipinski definition) is 5. The highest BCUT2D eigenvalue weighted by Gasteiger charge is 2.08. The maximum Gasteiger partial charge on any atom is 0.257 e. The van der Waals surface area contributed by atoms with Gasteiger partial charge in [0.05, 0.1) is 17.7 Å². The lowest BCUT2D eigenvalue weighted by Crippen LogP contribution is -2.11. The third kappa shape index (κ3) is 4.32. The van der Waals surface area contributed by atoms with Gasteiger partial charge < -0.3 is 14.8 Å². The van der Waals surface area contributed by atoms with Gasteiger partial charge in [-0.3, -0.25) is 0 Å². The molecule has 1 N–H and O–H groups in total. The smallest absolute Gasteiger partial charge is 0.257 e. The molecule has 0 atom stereocenters. The first kappa shape index (κ1) is 15.6. The molecule has 0 spiro atoms. The standard InChI is InChI=1S/C15H18BrN3O2/c1-10(2)21-15-14(17-6-7-18-15)19-9-11-4-5-13(20-3)12(16)8-11/h4-8,10H,9H2,1-3H3,(H,17,19). The Morgan fingerprint density at radius 1 is 1.24 bits per heavy atom. The van der Waals surface area contributed by atoms with Crippen molar-refractivity contribution in [3.05, 3.63) is 40.6 Å². The van der Waals surface area contributed by atoms with E-state index >= 15 is 0 Å². The summed E-state index contributed by atoms with van der Waals surface area (Å²) in [6.07, 6.45) is 3.31. The lowest BCUT2D eigenvalue weighted by molar-refractivity contribution is 0.233. The molecule has 0 aliphatic rings. The quantitative estimate of drug-likeness (QED) is 0.860. The predicted molar refractivity (Wildman–Crippen MR) is 85.8 cm³/mol. The molecule has 0 fully saturated rings. The number of hydrogen-bond donors (Lipinski definition) is 1. The van der Waals surface area contributed by atoms with E-state index in [9.17, 15) is 0 Å². The number of nitrogens with one attached hydrogen (secondary N) is 1. The van der Waals surface area contributed by atoms with Crippen LogP contribution in [0.4, 0.5) is 5.82 Å². The molecular weight excluding hydrogens is 334 g/mol. The third-order valence-electron chi connectivity index (χ3n) is 2.69. The molecule has 1 heterocycles. The maximum absolute atomic E-state index is 5.63. The van der Waals surface area contributed by atoms with E-state index in [4.69, 9.17) is 9.47 Å². The van der Waals surface area contributed by atoms with Gasteiger partial charge in [0, 0.05) is 18.9 Å². The number of rotatable bonds is 6. The van der Waals surface area contributed by atoms with E-state index in [0.717, 1.165) is 15.8 Å². The molecule has 2 aromatic rings. The van der Waals surface area contributed by atoms with Gasteiger partial charge in [-0.15, -0.1) is 0 Å². The Hall–Kier alpha value is -1.82. The van der Waals surface area contributed by atoms with Crippen molar-refractivity contribution in [1.82, 2.24) is 9.97 Å². The van der Waals surface area contributed by atoms with Crippen LogP contribution in [0.2, 0.25) is 0 Å². The predicted octanol–water partition coefficient (Wildman–Crippen LogP) is 3.65. The Morgan fingerprint density at radius 2 is 2.00 bits per heavy atom. The fraction of sp³-hybridized carbons (Fsp3) is 0.333. The van der Waals surface area contributed by atoms with E-state index in [2.05, 4.69) is 31.2 Å². The Morgan fingerprint density at radius 3 is 2.67 bits per heavy atom. The first-order chi connectivity index (χ1) is 10.1. The van der Waals surface area contributed by atoms with Crippen LogP contribution in [0.5, 0.6) is 11.6 Å². The van der Waals surface area contributed by atoms with Crippen LogP contribution in [-0.2, 0) is 6.54 Å². The molecule has 0 saturated heterocycles. The molecule has 0 amide bonds. The van der Waals surface area contributed by atoms with Crippen molar-refractivity contribution in [2.45, 2.75) is 26.5 Å². The van der Waals surface area contributed by atoms with E-state index in [-0.39, 0.29) is 6.10 Å². The topological polar surface area (TPSA) is 56.3 Å². The molecule has 0 radical (unpaired) electrons. The zero-order valence-corrected chi connectivity index (χ0v) is 13.8. The summed E-state index contributed by atoms with van der Waals surface area (Å²) < 4.78 is 11.8. The molecule has 6 heteroatoms. The molecule has 1 aromatic carbocycles. The Bertz CT molecular complexity index is 605. The van der Waals surface area contributed by atoms with Crippen molar-refractivity contribution in [3.8, 4) is 11.6 Å². The van der Waals surface area contributed by atoms with Crippen LogP contribution < -0.4 is 14.8 Å². The summed E-state index contributed by atoms with van der Waals surface area (Å²) in [4.78, 5) is 8.47. The van der Waals surface area contributed by atoms with Crippen molar-refractivity contribution < 1.29 is 9.47 Å². The molecule has 0 bridgehead atoms. The number of aromatic nitrogens is 2. The van der Waals surface area contributed by atoms with Crippen LogP contribution in [0.3, 0.4) is 0 Å². The van der Waals surface area contributed by atoms with E-state index in [1.807, 2.05) is 32.0 Å². The van der Waals surface area contributed by atoms with Crippen molar-refractivity contribution in [2.75, 3.05) is 12.4 Å². The summed E-state index contributed by atoms with van der Waals surface area (Å²) >= 11 is 3.48. The summed E-state index contributed by atoms with van der Waals surface area (Å²) in [7, 11) is 1.65. The lowest BCUT2D eigenvalue weighted by atomic mass is 10.2. The monoisotopic (exact) mass is 351 g/mol. The number of benzene rings is 1. The number of methoxy groups -OCH3 is 1. The van der Waals surface area contributed by atoms with Crippen LogP contribution in [-0.4, -0.2) is 23.2 Å². The SMILES string of the molecule is COc1ccc(CNc2nccnc2OC(C)C)cc1Br. The van der Waals surface area contributed by atoms with Crippen molar-refractivity contribution in [3.63, 3.8) is 0 Å². The Labute approximate surface area is 132 Å². The zero-order valence-electron chi connectivity index (χ0n) is 12.3. The van der Waals surface area contributed by atoms with Gasteiger partial charge in [0.2, 0.25) is 0 Å². The largest absolute Gasteiger partial charge is 0.496 e. The van der Waals surface area contributed by atoms with Crippen LogP contribution in [0, 0.1) is 0 Å². The number of ether oxygens (including phenoxy) is 2. The Balaban J connectivity index is 2.08. The molecule has 0 unspecified atom stereocenters. The van der Waals surface area contributed by atoms with Crippen molar-refractivity contribution >= 4 is 21.7 Å². The van der Waals surface area contributed by atoms with Gasteiger partial charge in [-0.1, -0.05) is 6.07 Å². The fourth-order valence-corrected chi connectivity index (χ4v) is 2.35. The molecule has 0 aliphatic heterocycles. The van der Waals surface area contributed by atoms with Crippen molar-refractivity contribution in [1.29, 1.82) is 0 Å². The summed E-state index contributed by atoms with van der Waals surface area (Å²) in [6.45, 7) is 4.54. The summed E-state index contributed by atoms with van der Waals surface area (Å²) in [6, 6.07) is 5.92. The minimum Gasteiger partial charge on any atom is -0.496 e. The summed E-state index contributed by atoms with van der Waals surface area (Å²) in [5.41, 5.74) is 1.10. The molecule has 1 aromatic heterocycles. The van der Waals surface area contributed by atoms with Gasteiger partial charge in [0.1, 0.15) is 5.75 Å². The van der Waals surface area contributed by atoms with Crippen molar-refractivity contribution in [2.24, 2.45) is 0 Å². The van der Waals surface area contributed by atoms with Gasteiger partial charge in [0.25, 0.3) is 5.88 Å². The second kappa shape index (κ2) is 7.26. The first-order valence-electron chi connectivity index (χ1n) is 6.64. The van der Waals surface area contributed by atoms with Crippen LogP contribution in [0.1, 0.15) is 19.4 Å². The second-order valence-corrected chi connectivity index (χ2v) is 5.55. The van der Waals surface area contributed by atoms with E-state index < -0.39 is 0 Å². The molecule has 0 aliphatic carbocycles. The zero-order chi connectivity index (χ0) is 15.2. The minimum atomic E-state index is 0.0531. The molecule has 2 rings (SSSR count). The number of halogens is 1. The van der Waals surface area contributed by atoms with Gasteiger partial charge in [0.15, 0.2) is 5.82 Å². The summed E-state index contributed by atoms with van der Waals surface area (Å²) in [5, 5.41) is 3.24. The van der Waals surface area contributed by atoms with Crippen LogP contribution in [0.25, 0.3) is 0 Å². The Kier molecular flexibility index (Phi) is 5.38. The second-order valence-electron chi connectivity index (χ2n) is 4.70. The van der Waals surface area contributed by atoms with Gasteiger partial charge >= 0.3 is 0 Å². The average Bonchev–Trinajstić information content (AvgIpc) is 2.46. The molecular formula is C15H18BrN3O2. The highest BCUT2D eigenvalue weighted by atomic mass is 79.9. The molecule has 21 heavy (non-hydrogen) atoms. The van der Waals surface area contributed by atoms with E-state index in [1.165, 1.54) is 0 Å². The van der Waals surface area contributed by atoms with E-state index in [1.54, 1.807) is 19.5 Å². The first-order valence-corrected chi connectivity index (χ1v) is 7.43. The van der Waals surface area contributed by atoms with Gasteiger partial charge in [-0.2, -0.15) is 0 Å². The molecule has 112 valence electrons. The normalized spacial score (nSPS) is 10.5. The van der Waals surface area contributed by atoms with Crippen LogP contribution >= 0.6 is 15.9 Å². The highest BCUT2D eigenvalue weighted by Crippen LogP contribution is 2.26. The molecule has 0 saturated carbocycles. The van der Waals surface area contributed by atoms with E-state index in [0.29, 0.717) is 18.2 Å². The average molecular weight is 352 g/mol. The summed E-state index contributed by atoms with van der Waals surface area (Å²) in [5.74, 6) is 1.96. The highest BCUT2D eigenvalue weighted by molar-refractivity contribution is 9.10. The third-order valence-corrected chi connectivity index (χ3v) is 3.31. The molecule has 5 nitrogen and oxygen atoms in total. The fourth-order valence-electron chi connectivity index (χ4n) is 1.76. The van der Waals surface area contributed by atoms with Crippen LogP contribution in [0.15, 0.2) is 35.1 Å². The lowest BCUT2D eigenvalue weighted by Gasteiger charge is -2.13.